The standard InChI is InChI=1S/C13H19N3O/c1-9-7-16(8-10(9)2)13(17)12-6-11(14-3)4-5-15-12/h4-6,9-10H,7-8H2,1-3H3,(H,14,15). The van der Waals surface area contributed by atoms with Crippen LogP contribution in [0.1, 0.15) is 24.3 Å². The number of anilines is 1. The largest absolute Gasteiger partial charge is 0.388 e. The van der Waals surface area contributed by atoms with Gasteiger partial charge in [0.25, 0.3) is 5.91 Å². The summed E-state index contributed by atoms with van der Waals surface area (Å²) in [5.41, 5.74) is 1.45. The van der Waals surface area contributed by atoms with E-state index in [4.69, 9.17) is 0 Å². The molecule has 2 unspecified atom stereocenters. The van der Waals surface area contributed by atoms with Gasteiger partial charge in [0.05, 0.1) is 0 Å². The van der Waals surface area contributed by atoms with E-state index in [1.807, 2.05) is 18.0 Å². The monoisotopic (exact) mass is 233 g/mol. The summed E-state index contributed by atoms with van der Waals surface area (Å²) >= 11 is 0. The molecule has 1 saturated heterocycles. The van der Waals surface area contributed by atoms with E-state index in [2.05, 4.69) is 24.1 Å². The first kappa shape index (κ1) is 11.9. The number of rotatable bonds is 2. The molecule has 1 aromatic rings. The minimum Gasteiger partial charge on any atom is -0.388 e. The van der Waals surface area contributed by atoms with Gasteiger partial charge in [-0.05, 0) is 24.0 Å². The van der Waals surface area contributed by atoms with Crippen LogP contribution in [0.4, 0.5) is 5.69 Å². The van der Waals surface area contributed by atoms with Gasteiger partial charge in [-0.25, -0.2) is 0 Å². The summed E-state index contributed by atoms with van der Waals surface area (Å²) in [7, 11) is 1.84. The Hall–Kier alpha value is -1.58. The van der Waals surface area contributed by atoms with Crippen molar-refractivity contribution < 1.29 is 4.79 Å². The van der Waals surface area contributed by atoms with Crippen molar-refractivity contribution in [3.05, 3.63) is 24.0 Å². The van der Waals surface area contributed by atoms with Gasteiger partial charge in [0.2, 0.25) is 0 Å². The van der Waals surface area contributed by atoms with E-state index in [9.17, 15) is 4.79 Å². The molecule has 0 spiro atoms. The topological polar surface area (TPSA) is 45.2 Å². The Morgan fingerprint density at radius 3 is 2.65 bits per heavy atom. The summed E-state index contributed by atoms with van der Waals surface area (Å²) in [6.07, 6.45) is 1.67. The second-order valence-electron chi connectivity index (χ2n) is 4.84. The molecule has 0 aliphatic carbocycles. The summed E-state index contributed by atoms with van der Waals surface area (Å²) in [4.78, 5) is 18.3. The maximum Gasteiger partial charge on any atom is 0.272 e. The number of hydrogen-bond donors (Lipinski definition) is 1. The molecule has 1 aliphatic heterocycles. The Morgan fingerprint density at radius 1 is 1.41 bits per heavy atom. The first-order chi connectivity index (χ1) is 8.11. The normalized spacial score (nSPS) is 23.8. The number of likely N-dealkylation sites (tertiary alicyclic amines) is 1. The SMILES string of the molecule is CNc1ccnc(C(=O)N2CC(C)C(C)C2)c1. The number of nitrogens with one attached hydrogen (secondary N) is 1. The van der Waals surface area contributed by atoms with Crippen LogP contribution in [0.15, 0.2) is 18.3 Å². The molecule has 1 N–H and O–H groups in total. The molecule has 0 radical (unpaired) electrons. The van der Waals surface area contributed by atoms with Crippen molar-refractivity contribution in [2.45, 2.75) is 13.8 Å². The molecule has 92 valence electrons. The molecule has 2 rings (SSSR count). The van der Waals surface area contributed by atoms with Crippen LogP contribution >= 0.6 is 0 Å². The van der Waals surface area contributed by atoms with Gasteiger partial charge in [0.15, 0.2) is 0 Å². The first-order valence-electron chi connectivity index (χ1n) is 6.05. The van der Waals surface area contributed by atoms with Crippen molar-refractivity contribution in [2.75, 3.05) is 25.5 Å². The summed E-state index contributed by atoms with van der Waals surface area (Å²) in [5.74, 6) is 1.19. The second-order valence-corrected chi connectivity index (χ2v) is 4.84. The molecule has 0 aromatic carbocycles. The van der Waals surface area contributed by atoms with Gasteiger partial charge in [0.1, 0.15) is 5.69 Å². The number of pyridine rings is 1. The predicted molar refractivity (Wildman–Crippen MR) is 68.0 cm³/mol. The summed E-state index contributed by atoms with van der Waals surface area (Å²) < 4.78 is 0. The van der Waals surface area contributed by atoms with Gasteiger partial charge >= 0.3 is 0 Å². The van der Waals surface area contributed by atoms with E-state index in [0.29, 0.717) is 17.5 Å². The zero-order chi connectivity index (χ0) is 12.4. The molecule has 4 nitrogen and oxygen atoms in total. The Bertz CT molecular complexity index is 409. The van der Waals surface area contributed by atoms with Gasteiger partial charge in [-0.3, -0.25) is 9.78 Å². The second kappa shape index (κ2) is 4.73. The lowest BCUT2D eigenvalue weighted by atomic mass is 10.0. The van der Waals surface area contributed by atoms with Crippen molar-refractivity contribution in [3.8, 4) is 0 Å². The molecular weight excluding hydrogens is 214 g/mol. The maximum absolute atomic E-state index is 12.2. The third-order valence-corrected chi connectivity index (χ3v) is 3.54. The summed E-state index contributed by atoms with van der Waals surface area (Å²) in [6, 6.07) is 3.65. The fourth-order valence-electron chi connectivity index (χ4n) is 2.16. The predicted octanol–water partition coefficient (Wildman–Crippen LogP) is 1.85. The van der Waals surface area contributed by atoms with Crippen LogP contribution in [0, 0.1) is 11.8 Å². The molecule has 4 heteroatoms. The minimum absolute atomic E-state index is 0.0401. The summed E-state index contributed by atoms with van der Waals surface area (Å²) in [5, 5.41) is 3.02. The Balaban J connectivity index is 2.14. The number of carbonyl (C=O) groups excluding carboxylic acids is 1. The molecule has 1 amide bonds. The zero-order valence-electron chi connectivity index (χ0n) is 10.6. The molecule has 2 heterocycles. The lowest BCUT2D eigenvalue weighted by Crippen LogP contribution is -2.29. The molecule has 0 saturated carbocycles. The van der Waals surface area contributed by atoms with Crippen molar-refractivity contribution in [3.63, 3.8) is 0 Å². The van der Waals surface area contributed by atoms with Crippen molar-refractivity contribution in [2.24, 2.45) is 11.8 Å². The van der Waals surface area contributed by atoms with Gasteiger partial charge < -0.3 is 10.2 Å². The molecule has 1 aromatic heterocycles. The van der Waals surface area contributed by atoms with Gasteiger partial charge in [-0.2, -0.15) is 0 Å². The number of amides is 1. The first-order valence-corrected chi connectivity index (χ1v) is 6.05. The van der Waals surface area contributed by atoms with E-state index in [-0.39, 0.29) is 5.91 Å². The van der Waals surface area contributed by atoms with E-state index in [1.165, 1.54) is 0 Å². The maximum atomic E-state index is 12.2. The van der Waals surface area contributed by atoms with E-state index < -0.39 is 0 Å². The smallest absolute Gasteiger partial charge is 0.272 e. The number of carbonyl (C=O) groups is 1. The molecule has 1 fully saturated rings. The van der Waals surface area contributed by atoms with E-state index >= 15 is 0 Å². The Labute approximate surface area is 102 Å². The quantitative estimate of drug-likeness (QED) is 0.848. The third kappa shape index (κ3) is 2.40. The highest BCUT2D eigenvalue weighted by molar-refractivity contribution is 5.93. The van der Waals surface area contributed by atoms with Gasteiger partial charge in [0, 0.05) is 32.0 Å². The number of nitrogens with zero attached hydrogens (tertiary/aromatic N) is 2. The average molecular weight is 233 g/mol. The fraction of sp³-hybridized carbons (Fsp3) is 0.538. The molecular formula is C13H19N3O. The fourth-order valence-corrected chi connectivity index (χ4v) is 2.16. The Morgan fingerprint density at radius 2 is 2.06 bits per heavy atom. The zero-order valence-corrected chi connectivity index (χ0v) is 10.6. The van der Waals surface area contributed by atoms with Crippen LogP contribution in [0.2, 0.25) is 0 Å². The molecule has 2 atom stereocenters. The van der Waals surface area contributed by atoms with Crippen molar-refractivity contribution in [1.82, 2.24) is 9.88 Å². The van der Waals surface area contributed by atoms with Crippen molar-refractivity contribution in [1.29, 1.82) is 0 Å². The van der Waals surface area contributed by atoms with Crippen LogP contribution in [0.25, 0.3) is 0 Å². The third-order valence-electron chi connectivity index (χ3n) is 3.54. The lowest BCUT2D eigenvalue weighted by molar-refractivity contribution is 0.0779. The Kier molecular flexibility index (Phi) is 3.31. The number of hydrogen-bond acceptors (Lipinski definition) is 3. The summed E-state index contributed by atoms with van der Waals surface area (Å²) in [6.45, 7) is 6.06. The molecule has 0 bridgehead atoms. The highest BCUT2D eigenvalue weighted by atomic mass is 16.2. The van der Waals surface area contributed by atoms with Crippen LogP contribution < -0.4 is 5.32 Å². The average Bonchev–Trinajstić information content (AvgIpc) is 2.69. The highest BCUT2D eigenvalue weighted by Gasteiger charge is 2.30. The van der Waals surface area contributed by atoms with E-state index in [1.54, 1.807) is 12.3 Å². The number of aromatic nitrogens is 1. The van der Waals surface area contributed by atoms with Crippen LogP contribution in [-0.4, -0.2) is 35.9 Å². The molecule has 17 heavy (non-hydrogen) atoms. The van der Waals surface area contributed by atoms with Gasteiger partial charge in [-0.1, -0.05) is 13.8 Å². The van der Waals surface area contributed by atoms with Crippen LogP contribution in [0.3, 0.4) is 0 Å². The minimum atomic E-state index is 0.0401. The van der Waals surface area contributed by atoms with Gasteiger partial charge in [-0.15, -0.1) is 0 Å². The highest BCUT2D eigenvalue weighted by Crippen LogP contribution is 2.23. The van der Waals surface area contributed by atoms with Crippen LogP contribution in [-0.2, 0) is 0 Å². The molecule has 1 aliphatic rings. The van der Waals surface area contributed by atoms with E-state index in [0.717, 1.165) is 18.8 Å². The van der Waals surface area contributed by atoms with Crippen molar-refractivity contribution >= 4 is 11.6 Å². The van der Waals surface area contributed by atoms with Crippen LogP contribution in [0.5, 0.6) is 0 Å². The lowest BCUT2D eigenvalue weighted by Gasteiger charge is -2.15.